The molecule has 0 unspecified atom stereocenters. The van der Waals surface area contributed by atoms with E-state index < -0.39 is 24.1 Å². The number of likely N-dealkylation sites (N-methyl/N-ethyl adjacent to an activating group) is 1. The van der Waals surface area contributed by atoms with E-state index in [1.807, 2.05) is 7.05 Å². The molecule has 7 nitrogen and oxygen atoms in total. The minimum atomic E-state index is -2.94. The predicted molar refractivity (Wildman–Crippen MR) is 150 cm³/mol. The van der Waals surface area contributed by atoms with Crippen LogP contribution in [0.2, 0.25) is 5.02 Å². The van der Waals surface area contributed by atoms with Crippen molar-refractivity contribution in [3.05, 3.63) is 34.9 Å². The number of benzene rings is 2. The highest BCUT2D eigenvalue weighted by Gasteiger charge is 2.35. The van der Waals surface area contributed by atoms with Crippen LogP contribution >= 0.6 is 22.9 Å². The van der Waals surface area contributed by atoms with E-state index in [-0.39, 0.29) is 73.3 Å². The van der Waals surface area contributed by atoms with Gasteiger partial charge in [0, 0.05) is 35.5 Å². The van der Waals surface area contributed by atoms with E-state index >= 15 is 4.39 Å². The summed E-state index contributed by atoms with van der Waals surface area (Å²) in [5, 5.41) is 0.292. The molecular weight excluding hydrogens is 568 g/mol. The van der Waals surface area contributed by atoms with Crippen LogP contribution in [0.3, 0.4) is 0 Å². The summed E-state index contributed by atoms with van der Waals surface area (Å²) in [4.78, 5) is 16.7. The number of nitrogens with two attached hydrogens (primary N) is 1. The molecule has 0 aliphatic carbocycles. The molecule has 2 N–H and O–H groups in total. The van der Waals surface area contributed by atoms with Crippen LogP contribution in [-0.2, 0) is 0 Å². The van der Waals surface area contributed by atoms with Crippen molar-refractivity contribution in [2.75, 3.05) is 43.9 Å². The van der Waals surface area contributed by atoms with Gasteiger partial charge in [-0.15, -0.1) is 0 Å². The number of hydrogen-bond donors (Lipinski definition) is 1. The summed E-state index contributed by atoms with van der Waals surface area (Å²) in [7, 11) is 2.00. The molecule has 4 heterocycles. The Kier molecular flexibility index (Phi) is 7.12. The fraction of sp³-hybridized carbons (Fsp3) is 0.444. The summed E-state index contributed by atoms with van der Waals surface area (Å²) in [5.74, 6) is -4.15. The molecule has 1 atom stereocenters. The van der Waals surface area contributed by atoms with Crippen molar-refractivity contribution >= 4 is 55.0 Å². The fourth-order valence-electron chi connectivity index (χ4n) is 5.57. The van der Waals surface area contributed by atoms with Crippen LogP contribution in [0.1, 0.15) is 32.1 Å². The molecule has 0 saturated carbocycles. The van der Waals surface area contributed by atoms with Gasteiger partial charge >= 0.3 is 6.01 Å². The van der Waals surface area contributed by atoms with Crippen molar-refractivity contribution in [2.45, 2.75) is 44.1 Å². The number of nitrogen functional groups attached to an aromatic ring is 1. The van der Waals surface area contributed by atoms with Gasteiger partial charge < -0.3 is 20.3 Å². The maximum atomic E-state index is 16.5. The Morgan fingerprint density at radius 2 is 1.95 bits per heavy atom. The van der Waals surface area contributed by atoms with Gasteiger partial charge in [0.15, 0.2) is 10.9 Å². The van der Waals surface area contributed by atoms with E-state index in [2.05, 4.69) is 19.9 Å². The molecule has 6 rings (SSSR count). The number of halogens is 5. The van der Waals surface area contributed by atoms with Crippen molar-refractivity contribution in [1.29, 1.82) is 0 Å². The van der Waals surface area contributed by atoms with Crippen LogP contribution in [-0.4, -0.2) is 65.1 Å². The summed E-state index contributed by atoms with van der Waals surface area (Å²) < 4.78 is 66.4. The third kappa shape index (κ3) is 5.01. The second-order valence-electron chi connectivity index (χ2n) is 10.4. The van der Waals surface area contributed by atoms with E-state index in [1.54, 1.807) is 0 Å². The van der Waals surface area contributed by atoms with Gasteiger partial charge in [0.2, 0.25) is 0 Å². The average molecular weight is 595 g/mol. The molecule has 2 aromatic carbocycles. The number of aromatic nitrogens is 3. The van der Waals surface area contributed by atoms with Crippen molar-refractivity contribution in [3.8, 4) is 17.1 Å². The number of anilines is 2. The molecule has 0 amide bonds. The van der Waals surface area contributed by atoms with Gasteiger partial charge in [-0.05, 0) is 57.5 Å². The van der Waals surface area contributed by atoms with Crippen molar-refractivity contribution in [1.82, 2.24) is 19.9 Å². The zero-order valence-corrected chi connectivity index (χ0v) is 23.3. The van der Waals surface area contributed by atoms with Gasteiger partial charge in [0.1, 0.15) is 23.8 Å². The maximum Gasteiger partial charge on any atom is 0.319 e. The number of thiazole rings is 1. The summed E-state index contributed by atoms with van der Waals surface area (Å²) in [6.07, 6.45) is 2.61. The monoisotopic (exact) mass is 594 g/mol. The van der Waals surface area contributed by atoms with E-state index in [1.165, 1.54) is 23.1 Å². The van der Waals surface area contributed by atoms with Crippen LogP contribution in [0.15, 0.2) is 18.2 Å². The number of fused-ring (bicyclic) bond motifs is 2. The lowest BCUT2D eigenvalue weighted by Crippen LogP contribution is -2.36. The third-order valence-corrected chi connectivity index (χ3v) is 8.83. The maximum absolute atomic E-state index is 16.5. The van der Waals surface area contributed by atoms with Gasteiger partial charge in [0.25, 0.3) is 5.92 Å². The molecule has 2 aromatic heterocycles. The molecule has 2 aliphatic heterocycles. The Hall–Kier alpha value is -2.96. The third-order valence-electron chi connectivity index (χ3n) is 7.64. The van der Waals surface area contributed by atoms with Crippen LogP contribution in [0, 0.1) is 11.6 Å². The lowest BCUT2D eigenvalue weighted by Gasteiger charge is -2.27. The minimum Gasteiger partial charge on any atom is -0.462 e. The smallest absolute Gasteiger partial charge is 0.319 e. The Morgan fingerprint density at radius 3 is 2.73 bits per heavy atom. The first kappa shape index (κ1) is 27.2. The number of ether oxygens (including phenoxy) is 1. The topological polar surface area (TPSA) is 80.4 Å². The van der Waals surface area contributed by atoms with Crippen LogP contribution in [0.4, 0.5) is 28.5 Å². The van der Waals surface area contributed by atoms with Crippen LogP contribution in [0.25, 0.3) is 32.2 Å². The van der Waals surface area contributed by atoms with E-state index in [4.69, 9.17) is 22.1 Å². The molecule has 2 fully saturated rings. The number of alkyl halides is 2. The molecule has 0 spiro atoms. The molecule has 212 valence electrons. The van der Waals surface area contributed by atoms with E-state index in [0.29, 0.717) is 19.4 Å². The SMILES string of the molecule is CN1CCC[C@H]1COc1nc(N2CCCCC(F)(F)C2)c2cc(Cl)c(-c3ccc(F)c4sc(N)nc34)c(F)c2n1. The van der Waals surface area contributed by atoms with Gasteiger partial charge in [-0.3, -0.25) is 0 Å². The van der Waals surface area contributed by atoms with E-state index in [9.17, 15) is 13.2 Å². The highest BCUT2D eigenvalue weighted by atomic mass is 35.5. The summed E-state index contributed by atoms with van der Waals surface area (Å²) in [5.41, 5.74) is 6.07. The van der Waals surface area contributed by atoms with Crippen molar-refractivity contribution in [3.63, 3.8) is 0 Å². The quantitative estimate of drug-likeness (QED) is 0.264. The molecular formula is C27H27ClF4N6OS. The average Bonchev–Trinajstić information content (AvgIpc) is 3.45. The second kappa shape index (κ2) is 10.5. The molecule has 4 aromatic rings. The summed E-state index contributed by atoms with van der Waals surface area (Å²) in [6, 6.07) is 4.08. The highest BCUT2D eigenvalue weighted by Crippen LogP contribution is 2.43. The van der Waals surface area contributed by atoms with E-state index in [0.717, 1.165) is 30.7 Å². The molecule has 40 heavy (non-hydrogen) atoms. The number of rotatable bonds is 5. The van der Waals surface area contributed by atoms with Gasteiger partial charge in [0.05, 0.1) is 21.8 Å². The second-order valence-corrected chi connectivity index (χ2v) is 11.9. The Bertz CT molecular complexity index is 1600. The molecule has 13 heteroatoms. The first-order valence-electron chi connectivity index (χ1n) is 13.1. The normalized spacial score (nSPS) is 19.9. The fourth-order valence-corrected chi connectivity index (χ4v) is 6.63. The van der Waals surface area contributed by atoms with Crippen LogP contribution < -0.4 is 15.4 Å². The lowest BCUT2D eigenvalue weighted by atomic mass is 10.0. The highest BCUT2D eigenvalue weighted by molar-refractivity contribution is 7.22. The standard InChI is InChI=1S/C27H27ClF4N6OS/c1-37-9-4-5-14(37)12-39-26-35-21-16(24(36-26)38-10-3-2-8-27(31,32)13-38)11-17(28)19(20(21)30)15-6-7-18(29)23-22(15)34-25(33)40-23/h6-7,11,14H,2-5,8-10,12-13H2,1H3,(H2,33,34)/t14-/m0/s1. The predicted octanol–water partition coefficient (Wildman–Crippen LogP) is 6.52. The Labute approximate surface area is 236 Å². The summed E-state index contributed by atoms with van der Waals surface area (Å²) in [6.45, 7) is 0.951. The number of likely N-dealkylation sites (tertiary alicyclic amines) is 1. The number of hydrogen-bond acceptors (Lipinski definition) is 8. The molecule has 2 aliphatic rings. The zero-order valence-electron chi connectivity index (χ0n) is 21.7. The molecule has 0 radical (unpaired) electrons. The molecule has 2 saturated heterocycles. The largest absolute Gasteiger partial charge is 0.462 e. The zero-order chi connectivity index (χ0) is 28.2. The van der Waals surface area contributed by atoms with Crippen LogP contribution in [0.5, 0.6) is 6.01 Å². The summed E-state index contributed by atoms with van der Waals surface area (Å²) >= 11 is 7.59. The van der Waals surface area contributed by atoms with Gasteiger partial charge in [-0.1, -0.05) is 22.9 Å². The molecule has 0 bridgehead atoms. The van der Waals surface area contributed by atoms with Crippen molar-refractivity contribution in [2.24, 2.45) is 0 Å². The Morgan fingerprint density at radius 1 is 1.12 bits per heavy atom. The number of nitrogens with zero attached hydrogens (tertiary/aromatic N) is 5. The lowest BCUT2D eigenvalue weighted by molar-refractivity contribution is 0.00337. The van der Waals surface area contributed by atoms with Crippen molar-refractivity contribution < 1.29 is 22.3 Å². The first-order chi connectivity index (χ1) is 19.1. The Balaban J connectivity index is 1.52. The minimum absolute atomic E-state index is 0.0165. The first-order valence-corrected chi connectivity index (χ1v) is 14.3. The van der Waals surface area contributed by atoms with Gasteiger partial charge in [-0.25, -0.2) is 22.5 Å². The van der Waals surface area contributed by atoms with Gasteiger partial charge in [-0.2, -0.15) is 9.97 Å².